The van der Waals surface area contributed by atoms with Crippen LogP contribution in [0.25, 0.3) is 0 Å². The number of carbonyl (C=O) groups is 2. The molecule has 4 heteroatoms. The van der Waals surface area contributed by atoms with Crippen molar-refractivity contribution in [2.24, 2.45) is 17.8 Å². The molecular formula is C16H27NO3. The lowest BCUT2D eigenvalue weighted by Gasteiger charge is -2.24. The quantitative estimate of drug-likeness (QED) is 0.835. The van der Waals surface area contributed by atoms with Crippen LogP contribution in [0.2, 0.25) is 0 Å². The molecule has 2 N–H and O–H groups in total. The van der Waals surface area contributed by atoms with Crippen LogP contribution in [0.5, 0.6) is 0 Å². The minimum absolute atomic E-state index is 0.0210. The van der Waals surface area contributed by atoms with Crippen LogP contribution < -0.4 is 5.32 Å². The van der Waals surface area contributed by atoms with E-state index in [0.29, 0.717) is 12.3 Å². The van der Waals surface area contributed by atoms with Gasteiger partial charge in [0, 0.05) is 6.04 Å². The lowest BCUT2D eigenvalue weighted by Crippen LogP contribution is -2.41. The van der Waals surface area contributed by atoms with E-state index >= 15 is 0 Å². The zero-order valence-corrected chi connectivity index (χ0v) is 12.4. The van der Waals surface area contributed by atoms with Crippen molar-refractivity contribution in [3.8, 4) is 0 Å². The second kappa shape index (κ2) is 7.09. The van der Waals surface area contributed by atoms with Gasteiger partial charge in [-0.25, -0.2) is 0 Å². The summed E-state index contributed by atoms with van der Waals surface area (Å²) in [6.45, 7) is 2.04. The molecule has 0 radical (unpaired) electrons. The van der Waals surface area contributed by atoms with Gasteiger partial charge in [0.15, 0.2) is 0 Å². The van der Waals surface area contributed by atoms with E-state index in [9.17, 15) is 14.7 Å². The predicted octanol–water partition coefficient (Wildman–Crippen LogP) is 2.96. The Bertz CT molecular complexity index is 348. The van der Waals surface area contributed by atoms with Gasteiger partial charge in [-0.05, 0) is 31.6 Å². The molecule has 2 aliphatic carbocycles. The van der Waals surface area contributed by atoms with Crippen molar-refractivity contribution in [1.82, 2.24) is 5.32 Å². The number of hydrogen-bond acceptors (Lipinski definition) is 2. The maximum atomic E-state index is 12.4. The zero-order valence-electron chi connectivity index (χ0n) is 12.4. The molecule has 0 aromatic heterocycles. The van der Waals surface area contributed by atoms with Crippen LogP contribution in [0.3, 0.4) is 0 Å². The largest absolute Gasteiger partial charge is 0.481 e. The van der Waals surface area contributed by atoms with Crippen molar-refractivity contribution < 1.29 is 14.7 Å². The van der Waals surface area contributed by atoms with Crippen molar-refractivity contribution in [2.75, 3.05) is 0 Å². The SMILES string of the molecule is CC1C[C@H](C(=O)NC2CCCCCCC2)[C@H](C(=O)O)C1. The van der Waals surface area contributed by atoms with E-state index in [-0.39, 0.29) is 17.9 Å². The summed E-state index contributed by atoms with van der Waals surface area (Å²) in [5.74, 6) is -1.31. The van der Waals surface area contributed by atoms with Gasteiger partial charge in [0.2, 0.25) is 5.91 Å². The molecule has 0 spiro atoms. The first-order valence-electron chi connectivity index (χ1n) is 8.11. The zero-order chi connectivity index (χ0) is 14.5. The number of hydrogen-bond donors (Lipinski definition) is 2. The normalized spacial score (nSPS) is 32.4. The lowest BCUT2D eigenvalue weighted by molar-refractivity contribution is -0.146. The smallest absolute Gasteiger partial charge is 0.307 e. The fourth-order valence-corrected chi connectivity index (χ4v) is 3.76. The number of amides is 1. The van der Waals surface area contributed by atoms with Crippen molar-refractivity contribution >= 4 is 11.9 Å². The summed E-state index contributed by atoms with van der Waals surface area (Å²) in [4.78, 5) is 23.7. The van der Waals surface area contributed by atoms with Gasteiger partial charge >= 0.3 is 5.97 Å². The maximum Gasteiger partial charge on any atom is 0.307 e. The second-order valence-corrected chi connectivity index (χ2v) is 6.68. The van der Waals surface area contributed by atoms with Crippen LogP contribution in [0.1, 0.15) is 64.7 Å². The van der Waals surface area contributed by atoms with Gasteiger partial charge in [-0.1, -0.05) is 39.0 Å². The van der Waals surface area contributed by atoms with E-state index in [4.69, 9.17) is 0 Å². The fourth-order valence-electron chi connectivity index (χ4n) is 3.76. The van der Waals surface area contributed by atoms with E-state index in [1.54, 1.807) is 0 Å². The average Bonchev–Trinajstić information content (AvgIpc) is 2.75. The van der Waals surface area contributed by atoms with Crippen LogP contribution in [0.4, 0.5) is 0 Å². The molecule has 0 aliphatic heterocycles. The highest BCUT2D eigenvalue weighted by Gasteiger charge is 2.41. The third-order valence-corrected chi connectivity index (χ3v) is 4.90. The van der Waals surface area contributed by atoms with Gasteiger partial charge in [0.05, 0.1) is 11.8 Å². The molecule has 2 aliphatic rings. The van der Waals surface area contributed by atoms with E-state index < -0.39 is 11.9 Å². The molecule has 0 aromatic carbocycles. The minimum atomic E-state index is -0.813. The van der Waals surface area contributed by atoms with Crippen LogP contribution in [0, 0.1) is 17.8 Å². The fraction of sp³-hybridized carbons (Fsp3) is 0.875. The number of carboxylic acids is 1. The first-order valence-corrected chi connectivity index (χ1v) is 8.11. The Labute approximate surface area is 121 Å². The van der Waals surface area contributed by atoms with Gasteiger partial charge in [0.1, 0.15) is 0 Å². The summed E-state index contributed by atoms with van der Waals surface area (Å²) in [6.07, 6.45) is 9.62. The predicted molar refractivity (Wildman–Crippen MR) is 77.3 cm³/mol. The summed E-state index contributed by atoms with van der Waals surface area (Å²) < 4.78 is 0. The van der Waals surface area contributed by atoms with E-state index in [2.05, 4.69) is 5.32 Å². The summed E-state index contributed by atoms with van der Waals surface area (Å²) >= 11 is 0. The number of aliphatic carboxylic acids is 1. The van der Waals surface area contributed by atoms with Gasteiger partial charge in [-0.3, -0.25) is 9.59 Å². The van der Waals surface area contributed by atoms with Crippen LogP contribution in [-0.4, -0.2) is 23.0 Å². The molecule has 20 heavy (non-hydrogen) atoms. The molecule has 1 unspecified atom stereocenters. The van der Waals surface area contributed by atoms with Crippen LogP contribution in [-0.2, 0) is 9.59 Å². The molecule has 114 valence electrons. The molecule has 2 saturated carbocycles. The highest BCUT2D eigenvalue weighted by atomic mass is 16.4. The molecule has 0 aromatic rings. The highest BCUT2D eigenvalue weighted by molar-refractivity contribution is 5.85. The Morgan fingerprint density at radius 2 is 1.50 bits per heavy atom. The van der Waals surface area contributed by atoms with Gasteiger partial charge in [0.25, 0.3) is 0 Å². The van der Waals surface area contributed by atoms with Crippen molar-refractivity contribution in [3.05, 3.63) is 0 Å². The molecule has 0 bridgehead atoms. The first kappa shape index (κ1) is 15.3. The lowest BCUT2D eigenvalue weighted by atomic mass is 9.93. The standard InChI is InChI=1S/C16H27NO3/c1-11-9-13(14(10-11)16(19)20)15(18)17-12-7-5-3-2-4-6-8-12/h11-14H,2-10H2,1H3,(H,17,18)(H,19,20)/t11?,13-,14+/m0/s1. The summed E-state index contributed by atoms with van der Waals surface area (Å²) in [5, 5.41) is 12.4. The molecular weight excluding hydrogens is 254 g/mol. The van der Waals surface area contributed by atoms with Crippen molar-refractivity contribution in [2.45, 2.75) is 70.8 Å². The first-order chi connectivity index (χ1) is 9.58. The molecule has 4 nitrogen and oxygen atoms in total. The molecule has 2 rings (SSSR count). The molecule has 0 heterocycles. The van der Waals surface area contributed by atoms with Crippen molar-refractivity contribution in [3.63, 3.8) is 0 Å². The Morgan fingerprint density at radius 1 is 0.950 bits per heavy atom. The third kappa shape index (κ3) is 3.97. The molecule has 0 saturated heterocycles. The number of nitrogens with one attached hydrogen (secondary N) is 1. The topological polar surface area (TPSA) is 66.4 Å². The van der Waals surface area contributed by atoms with E-state index in [1.165, 1.54) is 32.1 Å². The minimum Gasteiger partial charge on any atom is -0.481 e. The Balaban J connectivity index is 1.90. The Hall–Kier alpha value is -1.06. The molecule has 3 atom stereocenters. The molecule has 1 amide bonds. The highest BCUT2D eigenvalue weighted by Crippen LogP contribution is 2.36. The number of rotatable bonds is 3. The number of carboxylic acid groups (broad SMARTS) is 1. The maximum absolute atomic E-state index is 12.4. The monoisotopic (exact) mass is 281 g/mol. The summed E-state index contributed by atoms with van der Waals surface area (Å²) in [7, 11) is 0. The Morgan fingerprint density at radius 3 is 2.10 bits per heavy atom. The van der Waals surface area contributed by atoms with E-state index in [1.807, 2.05) is 6.92 Å². The summed E-state index contributed by atoms with van der Waals surface area (Å²) in [6, 6.07) is 0.258. The van der Waals surface area contributed by atoms with Crippen LogP contribution >= 0.6 is 0 Å². The average molecular weight is 281 g/mol. The van der Waals surface area contributed by atoms with E-state index in [0.717, 1.165) is 19.3 Å². The van der Waals surface area contributed by atoms with Crippen LogP contribution in [0.15, 0.2) is 0 Å². The summed E-state index contributed by atoms with van der Waals surface area (Å²) in [5.41, 5.74) is 0. The van der Waals surface area contributed by atoms with Crippen molar-refractivity contribution in [1.29, 1.82) is 0 Å². The molecule has 2 fully saturated rings. The number of carbonyl (C=O) groups excluding carboxylic acids is 1. The van der Waals surface area contributed by atoms with Gasteiger partial charge < -0.3 is 10.4 Å². The van der Waals surface area contributed by atoms with Gasteiger partial charge in [-0.15, -0.1) is 0 Å². The van der Waals surface area contributed by atoms with Gasteiger partial charge in [-0.2, -0.15) is 0 Å². The Kier molecular flexibility index (Phi) is 5.44. The second-order valence-electron chi connectivity index (χ2n) is 6.68. The third-order valence-electron chi connectivity index (χ3n) is 4.90.